The maximum atomic E-state index is 13.3. The van der Waals surface area contributed by atoms with Gasteiger partial charge < -0.3 is 5.73 Å². The van der Waals surface area contributed by atoms with Crippen LogP contribution >= 0.6 is 0 Å². The first kappa shape index (κ1) is 13.8. The van der Waals surface area contributed by atoms with Gasteiger partial charge in [-0.15, -0.1) is 0 Å². The van der Waals surface area contributed by atoms with Gasteiger partial charge in [-0.1, -0.05) is 49.4 Å². The second-order valence-electron chi connectivity index (χ2n) is 5.01. The van der Waals surface area contributed by atoms with E-state index in [0.29, 0.717) is 6.54 Å². The van der Waals surface area contributed by atoms with Crippen LogP contribution in [0.3, 0.4) is 0 Å². The Morgan fingerprint density at radius 3 is 2.37 bits per heavy atom. The Bertz CT molecular complexity index is 518. The van der Waals surface area contributed by atoms with Crippen molar-refractivity contribution in [3.8, 4) is 0 Å². The Morgan fingerprint density at radius 1 is 1.05 bits per heavy atom. The molecule has 0 heterocycles. The molecule has 100 valence electrons. The molecule has 0 saturated heterocycles. The molecule has 0 saturated carbocycles. The summed E-state index contributed by atoms with van der Waals surface area (Å²) in [5, 5.41) is 0. The highest BCUT2D eigenvalue weighted by atomic mass is 19.1. The Kier molecular flexibility index (Phi) is 4.33. The minimum atomic E-state index is -0.187. The Balaban J connectivity index is 2.35. The van der Waals surface area contributed by atoms with E-state index < -0.39 is 0 Å². The molecule has 0 amide bonds. The molecule has 0 aliphatic rings. The fourth-order valence-corrected chi connectivity index (χ4v) is 2.59. The molecule has 0 aromatic heterocycles. The number of benzene rings is 2. The Hall–Kier alpha value is -1.67. The van der Waals surface area contributed by atoms with Crippen molar-refractivity contribution in [3.63, 3.8) is 0 Å². The van der Waals surface area contributed by atoms with Crippen molar-refractivity contribution in [2.24, 2.45) is 5.73 Å². The lowest BCUT2D eigenvalue weighted by molar-refractivity contribution is 0.417. The van der Waals surface area contributed by atoms with Crippen molar-refractivity contribution in [3.05, 3.63) is 71.5 Å². The summed E-state index contributed by atoms with van der Waals surface area (Å²) in [7, 11) is 0. The zero-order valence-electron chi connectivity index (χ0n) is 11.3. The topological polar surface area (TPSA) is 26.0 Å². The van der Waals surface area contributed by atoms with Crippen LogP contribution in [-0.4, -0.2) is 6.54 Å². The Morgan fingerprint density at radius 2 is 1.79 bits per heavy atom. The summed E-state index contributed by atoms with van der Waals surface area (Å²) in [4.78, 5) is 0. The van der Waals surface area contributed by atoms with Crippen molar-refractivity contribution in [2.75, 3.05) is 6.54 Å². The van der Waals surface area contributed by atoms with E-state index >= 15 is 0 Å². The van der Waals surface area contributed by atoms with Crippen molar-refractivity contribution >= 4 is 0 Å². The van der Waals surface area contributed by atoms with Crippen LogP contribution in [-0.2, 0) is 11.8 Å². The molecule has 2 aromatic carbocycles. The average Bonchev–Trinajstić information content (AvgIpc) is 2.46. The molecule has 0 fully saturated rings. The highest BCUT2D eigenvalue weighted by Crippen LogP contribution is 2.31. The van der Waals surface area contributed by atoms with Crippen molar-refractivity contribution in [1.29, 1.82) is 0 Å². The summed E-state index contributed by atoms with van der Waals surface area (Å²) in [5.74, 6) is -0.187. The average molecular weight is 257 g/mol. The monoisotopic (exact) mass is 257 g/mol. The smallest absolute Gasteiger partial charge is 0.123 e. The molecule has 1 atom stereocenters. The Labute approximate surface area is 114 Å². The summed E-state index contributed by atoms with van der Waals surface area (Å²) in [5.41, 5.74) is 8.15. The number of rotatable bonds is 5. The van der Waals surface area contributed by atoms with E-state index in [0.717, 1.165) is 18.4 Å². The summed E-state index contributed by atoms with van der Waals surface area (Å²) in [6, 6.07) is 17.1. The molecular weight excluding hydrogens is 237 g/mol. The van der Waals surface area contributed by atoms with Gasteiger partial charge in [0, 0.05) is 12.0 Å². The van der Waals surface area contributed by atoms with Crippen LogP contribution in [0.5, 0.6) is 0 Å². The van der Waals surface area contributed by atoms with Crippen LogP contribution < -0.4 is 5.73 Å². The van der Waals surface area contributed by atoms with E-state index in [9.17, 15) is 4.39 Å². The van der Waals surface area contributed by atoms with E-state index in [-0.39, 0.29) is 11.2 Å². The predicted octanol–water partition coefficient (Wildman–Crippen LogP) is 3.67. The van der Waals surface area contributed by atoms with Gasteiger partial charge in [-0.2, -0.15) is 0 Å². The number of nitrogens with two attached hydrogens (primary N) is 1. The number of halogens is 1. The number of hydrogen-bond donors (Lipinski definition) is 1. The molecule has 2 heteroatoms. The molecular formula is C17H20FN. The maximum Gasteiger partial charge on any atom is 0.123 e. The fraction of sp³-hybridized carbons (Fsp3) is 0.294. The third-order valence-electron chi connectivity index (χ3n) is 3.89. The zero-order valence-corrected chi connectivity index (χ0v) is 11.3. The summed E-state index contributed by atoms with van der Waals surface area (Å²) in [6.45, 7) is 2.70. The second-order valence-corrected chi connectivity index (χ2v) is 5.01. The van der Waals surface area contributed by atoms with E-state index in [4.69, 9.17) is 5.73 Å². The molecule has 2 aromatic rings. The highest BCUT2D eigenvalue weighted by molar-refractivity contribution is 5.30. The first-order valence-electron chi connectivity index (χ1n) is 6.70. The van der Waals surface area contributed by atoms with Gasteiger partial charge in [-0.25, -0.2) is 4.39 Å². The molecule has 1 nitrogen and oxygen atoms in total. The largest absolute Gasteiger partial charge is 0.330 e. The van der Waals surface area contributed by atoms with Gasteiger partial charge in [0.1, 0.15) is 5.82 Å². The van der Waals surface area contributed by atoms with Crippen LogP contribution in [0.25, 0.3) is 0 Å². The molecule has 0 aliphatic heterocycles. The van der Waals surface area contributed by atoms with Crippen molar-refractivity contribution < 1.29 is 4.39 Å². The van der Waals surface area contributed by atoms with Gasteiger partial charge in [0.15, 0.2) is 0 Å². The summed E-state index contributed by atoms with van der Waals surface area (Å²) in [6.07, 6.45) is 1.70. The maximum absolute atomic E-state index is 13.3. The van der Waals surface area contributed by atoms with E-state index in [2.05, 4.69) is 19.1 Å². The van der Waals surface area contributed by atoms with E-state index in [1.54, 1.807) is 12.1 Å². The van der Waals surface area contributed by atoms with Gasteiger partial charge in [-0.05, 0) is 36.1 Å². The highest BCUT2D eigenvalue weighted by Gasteiger charge is 2.29. The van der Waals surface area contributed by atoms with Gasteiger partial charge in [0.05, 0.1) is 0 Å². The normalized spacial score (nSPS) is 14.1. The van der Waals surface area contributed by atoms with Crippen LogP contribution in [0, 0.1) is 5.82 Å². The van der Waals surface area contributed by atoms with Crippen LogP contribution in [0.15, 0.2) is 54.6 Å². The fourth-order valence-electron chi connectivity index (χ4n) is 2.59. The molecule has 0 aliphatic carbocycles. The molecule has 0 spiro atoms. The third kappa shape index (κ3) is 3.02. The summed E-state index contributed by atoms with van der Waals surface area (Å²) >= 11 is 0. The minimum Gasteiger partial charge on any atom is -0.330 e. The lowest BCUT2D eigenvalue weighted by Gasteiger charge is -2.32. The first-order chi connectivity index (χ1) is 9.20. The molecule has 0 radical (unpaired) electrons. The van der Waals surface area contributed by atoms with Crippen molar-refractivity contribution in [1.82, 2.24) is 0 Å². The van der Waals surface area contributed by atoms with Gasteiger partial charge >= 0.3 is 0 Å². The van der Waals surface area contributed by atoms with Gasteiger partial charge in [0.25, 0.3) is 0 Å². The van der Waals surface area contributed by atoms with Crippen LogP contribution in [0.2, 0.25) is 0 Å². The second kappa shape index (κ2) is 5.98. The molecule has 19 heavy (non-hydrogen) atoms. The standard InChI is InChI=1S/C17H20FN/c1-2-17(13-19,15-8-4-3-5-9-15)12-14-7-6-10-16(18)11-14/h3-11H,2,12-13,19H2,1H3. The predicted molar refractivity (Wildman–Crippen MR) is 77.6 cm³/mol. The first-order valence-corrected chi connectivity index (χ1v) is 6.70. The minimum absolute atomic E-state index is 0.116. The van der Waals surface area contributed by atoms with E-state index in [1.165, 1.54) is 11.6 Å². The number of hydrogen-bond acceptors (Lipinski definition) is 1. The molecule has 2 rings (SSSR count). The van der Waals surface area contributed by atoms with Crippen LogP contribution in [0.4, 0.5) is 4.39 Å². The lowest BCUT2D eigenvalue weighted by Crippen LogP contribution is -2.36. The molecule has 2 N–H and O–H groups in total. The molecule has 1 unspecified atom stereocenters. The molecule has 0 bridgehead atoms. The third-order valence-corrected chi connectivity index (χ3v) is 3.89. The zero-order chi connectivity index (χ0) is 13.7. The van der Waals surface area contributed by atoms with Crippen LogP contribution in [0.1, 0.15) is 24.5 Å². The van der Waals surface area contributed by atoms with Gasteiger partial charge in [-0.3, -0.25) is 0 Å². The van der Waals surface area contributed by atoms with E-state index in [1.807, 2.05) is 24.3 Å². The quantitative estimate of drug-likeness (QED) is 0.869. The summed E-state index contributed by atoms with van der Waals surface area (Å²) < 4.78 is 13.3. The SMILES string of the molecule is CCC(CN)(Cc1cccc(F)c1)c1ccccc1. The van der Waals surface area contributed by atoms with Crippen molar-refractivity contribution in [2.45, 2.75) is 25.2 Å². The lowest BCUT2D eigenvalue weighted by atomic mass is 9.73. The van der Waals surface area contributed by atoms with Gasteiger partial charge in [0.2, 0.25) is 0 Å².